The third-order valence-electron chi connectivity index (χ3n) is 4.14. The van der Waals surface area contributed by atoms with Crippen molar-refractivity contribution >= 4 is 27.8 Å². The molecule has 0 radical (unpaired) electrons. The normalized spacial score (nSPS) is 15.3. The molecule has 0 atom stereocenters. The zero-order chi connectivity index (χ0) is 17.3. The Hall–Kier alpha value is -2.27. The second-order valence-corrected chi connectivity index (χ2v) is 6.42. The zero-order valence-electron chi connectivity index (χ0n) is 13.4. The van der Waals surface area contributed by atoms with E-state index in [0.717, 1.165) is 34.4 Å². The molecule has 0 saturated heterocycles. The van der Waals surface area contributed by atoms with Crippen LogP contribution in [0.1, 0.15) is 27.9 Å². The minimum atomic E-state index is 0.0258. The standard InChI is InChI=1S/C19H17BrO4/c1-23-14-5-6-15-11(8-14)3-4-12(19(15)22)7-13-9-18(24-2)17(21)10-16(13)20/h5-10,21H,3-4H2,1-2H3. The van der Waals surface area contributed by atoms with E-state index in [2.05, 4.69) is 15.9 Å². The molecule has 1 aliphatic carbocycles. The number of Topliss-reactive ketones (excluding diaryl/α,β-unsaturated/α-hetero) is 1. The molecule has 0 amide bonds. The minimum absolute atomic E-state index is 0.0258. The molecular formula is C19H17BrO4. The number of hydrogen-bond acceptors (Lipinski definition) is 4. The summed E-state index contributed by atoms with van der Waals surface area (Å²) in [7, 11) is 3.11. The molecule has 5 heteroatoms. The fraction of sp³-hybridized carbons (Fsp3) is 0.211. The average Bonchev–Trinajstić information content (AvgIpc) is 2.59. The number of halogens is 1. The Morgan fingerprint density at radius 1 is 1.12 bits per heavy atom. The van der Waals surface area contributed by atoms with Gasteiger partial charge in [0.1, 0.15) is 5.75 Å². The van der Waals surface area contributed by atoms with Crippen LogP contribution in [0.15, 0.2) is 40.4 Å². The van der Waals surface area contributed by atoms with E-state index in [1.807, 2.05) is 18.2 Å². The number of fused-ring (bicyclic) bond motifs is 1. The van der Waals surface area contributed by atoms with Crippen LogP contribution >= 0.6 is 15.9 Å². The largest absolute Gasteiger partial charge is 0.504 e. The molecule has 0 saturated carbocycles. The average molecular weight is 389 g/mol. The van der Waals surface area contributed by atoms with Crippen LogP contribution in [0.2, 0.25) is 0 Å². The summed E-state index contributed by atoms with van der Waals surface area (Å²) < 4.78 is 11.1. The SMILES string of the molecule is COc1ccc2c(c1)CCC(=Cc1cc(OC)c(O)cc1Br)C2=O. The van der Waals surface area contributed by atoms with Gasteiger partial charge in [0.15, 0.2) is 17.3 Å². The maximum absolute atomic E-state index is 12.7. The molecule has 24 heavy (non-hydrogen) atoms. The van der Waals surface area contributed by atoms with Crippen molar-refractivity contribution in [2.24, 2.45) is 0 Å². The van der Waals surface area contributed by atoms with Crippen molar-refractivity contribution in [3.05, 3.63) is 57.1 Å². The lowest BCUT2D eigenvalue weighted by Gasteiger charge is -2.18. The third-order valence-corrected chi connectivity index (χ3v) is 4.83. The lowest BCUT2D eigenvalue weighted by atomic mass is 9.86. The Labute approximate surface area is 148 Å². The van der Waals surface area contributed by atoms with Gasteiger partial charge in [0.05, 0.1) is 14.2 Å². The van der Waals surface area contributed by atoms with E-state index in [1.54, 1.807) is 25.3 Å². The van der Waals surface area contributed by atoms with Gasteiger partial charge in [-0.1, -0.05) is 15.9 Å². The second kappa shape index (κ2) is 6.69. The number of ketones is 1. The summed E-state index contributed by atoms with van der Waals surface area (Å²) in [5, 5.41) is 9.80. The number of carbonyl (C=O) groups is 1. The molecule has 124 valence electrons. The highest BCUT2D eigenvalue weighted by Gasteiger charge is 2.22. The summed E-state index contributed by atoms with van der Waals surface area (Å²) in [4.78, 5) is 12.7. The Balaban J connectivity index is 1.99. The number of phenolic OH excluding ortho intramolecular Hbond substituents is 1. The lowest BCUT2D eigenvalue weighted by Crippen LogP contribution is -2.14. The number of methoxy groups -OCH3 is 2. The van der Waals surface area contributed by atoms with Crippen LogP contribution in [0.4, 0.5) is 0 Å². The van der Waals surface area contributed by atoms with Crippen molar-refractivity contribution in [2.45, 2.75) is 12.8 Å². The van der Waals surface area contributed by atoms with Crippen molar-refractivity contribution in [3.8, 4) is 17.2 Å². The van der Waals surface area contributed by atoms with E-state index < -0.39 is 0 Å². The number of aromatic hydroxyl groups is 1. The first-order chi connectivity index (χ1) is 11.5. The molecule has 0 spiro atoms. The summed E-state index contributed by atoms with van der Waals surface area (Å²) in [6, 6.07) is 8.82. The Bertz CT molecular complexity index is 840. The van der Waals surface area contributed by atoms with Gasteiger partial charge in [-0.25, -0.2) is 0 Å². The number of hydrogen-bond donors (Lipinski definition) is 1. The molecule has 4 nitrogen and oxygen atoms in total. The van der Waals surface area contributed by atoms with Gasteiger partial charge < -0.3 is 14.6 Å². The van der Waals surface area contributed by atoms with Crippen LogP contribution in [0.3, 0.4) is 0 Å². The summed E-state index contributed by atoms with van der Waals surface area (Å²) in [5.74, 6) is 1.22. The van der Waals surface area contributed by atoms with Gasteiger partial charge in [0.2, 0.25) is 0 Å². The van der Waals surface area contributed by atoms with E-state index in [-0.39, 0.29) is 11.5 Å². The van der Waals surface area contributed by atoms with Crippen LogP contribution in [0, 0.1) is 0 Å². The van der Waals surface area contributed by atoms with Gasteiger partial charge in [-0.2, -0.15) is 0 Å². The van der Waals surface area contributed by atoms with Crippen LogP contribution in [-0.4, -0.2) is 25.1 Å². The van der Waals surface area contributed by atoms with Crippen LogP contribution < -0.4 is 9.47 Å². The molecule has 0 unspecified atom stereocenters. The number of allylic oxidation sites excluding steroid dienone is 1. The Morgan fingerprint density at radius 2 is 1.92 bits per heavy atom. The Kier molecular flexibility index (Phi) is 4.62. The van der Waals surface area contributed by atoms with Gasteiger partial charge in [-0.05, 0) is 60.4 Å². The highest BCUT2D eigenvalue weighted by molar-refractivity contribution is 9.10. The predicted molar refractivity (Wildman–Crippen MR) is 96.0 cm³/mol. The number of rotatable bonds is 3. The van der Waals surface area contributed by atoms with Gasteiger partial charge in [0.25, 0.3) is 0 Å². The lowest BCUT2D eigenvalue weighted by molar-refractivity contribution is 0.102. The van der Waals surface area contributed by atoms with Crippen molar-refractivity contribution in [1.29, 1.82) is 0 Å². The zero-order valence-corrected chi connectivity index (χ0v) is 15.0. The van der Waals surface area contributed by atoms with Gasteiger partial charge >= 0.3 is 0 Å². The highest BCUT2D eigenvalue weighted by Crippen LogP contribution is 2.35. The number of aryl methyl sites for hydroxylation is 1. The summed E-state index contributed by atoms with van der Waals surface area (Å²) in [6.45, 7) is 0. The van der Waals surface area contributed by atoms with Crippen LogP contribution in [-0.2, 0) is 6.42 Å². The summed E-state index contributed by atoms with van der Waals surface area (Å²) in [5.41, 5.74) is 3.26. The maximum Gasteiger partial charge on any atom is 0.189 e. The van der Waals surface area contributed by atoms with Crippen molar-refractivity contribution in [3.63, 3.8) is 0 Å². The van der Waals surface area contributed by atoms with Crippen LogP contribution in [0.25, 0.3) is 6.08 Å². The second-order valence-electron chi connectivity index (χ2n) is 5.57. The molecule has 0 aromatic heterocycles. The number of ether oxygens (including phenoxy) is 2. The van der Waals surface area contributed by atoms with E-state index in [0.29, 0.717) is 16.6 Å². The van der Waals surface area contributed by atoms with Gasteiger partial charge in [-0.15, -0.1) is 0 Å². The number of phenols is 1. The number of carbonyl (C=O) groups excluding carboxylic acids is 1. The molecule has 0 bridgehead atoms. The predicted octanol–water partition coefficient (Wildman–Crippen LogP) is 4.38. The first-order valence-electron chi connectivity index (χ1n) is 7.52. The van der Waals surface area contributed by atoms with Gasteiger partial charge in [-0.3, -0.25) is 4.79 Å². The minimum Gasteiger partial charge on any atom is -0.504 e. The molecule has 1 N–H and O–H groups in total. The quantitative estimate of drug-likeness (QED) is 0.792. The van der Waals surface area contributed by atoms with Gasteiger partial charge in [0, 0.05) is 15.6 Å². The fourth-order valence-corrected chi connectivity index (χ4v) is 3.29. The van der Waals surface area contributed by atoms with Crippen molar-refractivity contribution in [2.75, 3.05) is 14.2 Å². The summed E-state index contributed by atoms with van der Waals surface area (Å²) in [6.07, 6.45) is 3.30. The van der Waals surface area contributed by atoms with Crippen LogP contribution in [0.5, 0.6) is 17.2 Å². The Morgan fingerprint density at radius 3 is 2.62 bits per heavy atom. The van der Waals surface area contributed by atoms with Crippen molar-refractivity contribution in [1.82, 2.24) is 0 Å². The van der Waals surface area contributed by atoms with E-state index in [4.69, 9.17) is 9.47 Å². The molecule has 0 fully saturated rings. The topological polar surface area (TPSA) is 55.8 Å². The smallest absolute Gasteiger partial charge is 0.189 e. The molecule has 1 aliphatic rings. The first kappa shape index (κ1) is 16.6. The summed E-state index contributed by atoms with van der Waals surface area (Å²) >= 11 is 3.42. The first-order valence-corrected chi connectivity index (χ1v) is 8.31. The molecular weight excluding hydrogens is 372 g/mol. The molecule has 3 rings (SSSR count). The maximum atomic E-state index is 12.7. The monoisotopic (exact) mass is 388 g/mol. The van der Waals surface area contributed by atoms with Crippen molar-refractivity contribution < 1.29 is 19.4 Å². The van der Waals surface area contributed by atoms with E-state index in [9.17, 15) is 9.90 Å². The fourth-order valence-electron chi connectivity index (χ4n) is 2.84. The van der Waals surface area contributed by atoms with E-state index >= 15 is 0 Å². The molecule has 2 aromatic rings. The third kappa shape index (κ3) is 3.04. The van der Waals surface area contributed by atoms with E-state index in [1.165, 1.54) is 7.11 Å². The molecule has 0 heterocycles. The molecule has 0 aliphatic heterocycles. The number of benzene rings is 2. The highest BCUT2D eigenvalue weighted by atomic mass is 79.9. The molecule has 2 aromatic carbocycles.